The summed E-state index contributed by atoms with van der Waals surface area (Å²) in [6.45, 7) is 7.20. The van der Waals surface area contributed by atoms with Crippen molar-refractivity contribution < 1.29 is 23.8 Å². The molecule has 3 aromatic carbocycles. The van der Waals surface area contributed by atoms with Crippen LogP contribution in [0.2, 0.25) is 0 Å². The maximum Gasteiger partial charge on any atom is 0.343 e. The molecule has 5 nitrogen and oxygen atoms in total. The minimum absolute atomic E-state index is 0.0815. The first-order chi connectivity index (χ1) is 21.0. The highest BCUT2D eigenvalue weighted by Crippen LogP contribution is 2.40. The molecule has 0 bridgehead atoms. The van der Waals surface area contributed by atoms with Gasteiger partial charge in [-0.3, -0.25) is 4.79 Å². The van der Waals surface area contributed by atoms with Crippen molar-refractivity contribution in [2.75, 3.05) is 6.61 Å². The van der Waals surface area contributed by atoms with E-state index in [1.165, 1.54) is 64.2 Å². The van der Waals surface area contributed by atoms with Crippen molar-refractivity contribution in [3.05, 3.63) is 77.4 Å². The highest BCUT2D eigenvalue weighted by molar-refractivity contribution is 6.22. The summed E-state index contributed by atoms with van der Waals surface area (Å²) >= 11 is 0. The monoisotopic (exact) mass is 584 g/mol. The molecule has 4 rings (SSSR count). The van der Waals surface area contributed by atoms with Crippen LogP contribution in [-0.2, 0) is 0 Å². The van der Waals surface area contributed by atoms with Gasteiger partial charge in [0, 0.05) is 11.1 Å². The van der Waals surface area contributed by atoms with Crippen LogP contribution < -0.4 is 14.2 Å². The Morgan fingerprint density at radius 3 is 1.81 bits per heavy atom. The lowest BCUT2D eigenvalue weighted by Crippen LogP contribution is -2.11. The molecular weight excluding hydrogens is 536 g/mol. The van der Waals surface area contributed by atoms with Crippen LogP contribution >= 0.6 is 0 Å². The number of ketones is 1. The number of carbonyl (C=O) groups excluding carboxylic acids is 2. The third-order valence-electron chi connectivity index (χ3n) is 8.13. The summed E-state index contributed by atoms with van der Waals surface area (Å²) in [5.74, 6) is 1.24. The van der Waals surface area contributed by atoms with Crippen molar-refractivity contribution in [2.45, 2.75) is 110 Å². The third kappa shape index (κ3) is 9.44. The van der Waals surface area contributed by atoms with Crippen molar-refractivity contribution >= 4 is 11.8 Å². The molecule has 5 heteroatoms. The molecule has 0 fully saturated rings. The Morgan fingerprint density at radius 1 is 0.628 bits per heavy atom. The Hall–Kier alpha value is -3.60. The molecule has 0 heterocycles. The van der Waals surface area contributed by atoms with Gasteiger partial charge in [-0.15, -0.1) is 0 Å². The summed E-state index contributed by atoms with van der Waals surface area (Å²) in [7, 11) is 0. The van der Waals surface area contributed by atoms with Crippen LogP contribution in [0.1, 0.15) is 131 Å². The molecule has 0 unspecified atom stereocenters. The largest absolute Gasteiger partial charge is 0.494 e. The van der Waals surface area contributed by atoms with Gasteiger partial charge in [0.25, 0.3) is 0 Å². The smallest absolute Gasteiger partial charge is 0.343 e. The van der Waals surface area contributed by atoms with E-state index in [-0.39, 0.29) is 11.9 Å². The van der Waals surface area contributed by atoms with Gasteiger partial charge in [-0.25, -0.2) is 4.79 Å². The first-order valence-corrected chi connectivity index (χ1v) is 16.4. The Balaban J connectivity index is 1.26. The fraction of sp³-hybridized carbons (Fsp3) is 0.474. The summed E-state index contributed by atoms with van der Waals surface area (Å²) in [5, 5.41) is 0. The van der Waals surface area contributed by atoms with Gasteiger partial charge in [-0.05, 0) is 98.0 Å². The summed E-state index contributed by atoms with van der Waals surface area (Å²) in [6, 6.07) is 18.0. The Kier molecular flexibility index (Phi) is 12.7. The average Bonchev–Trinajstić information content (AvgIpc) is 3.29. The van der Waals surface area contributed by atoms with Crippen LogP contribution in [0.25, 0.3) is 11.1 Å². The molecule has 3 aromatic rings. The van der Waals surface area contributed by atoms with E-state index in [1.54, 1.807) is 36.4 Å². The van der Waals surface area contributed by atoms with Crippen LogP contribution in [0.4, 0.5) is 0 Å². The number of fused-ring (bicyclic) bond motifs is 3. The number of hydrogen-bond acceptors (Lipinski definition) is 5. The zero-order valence-corrected chi connectivity index (χ0v) is 26.3. The number of benzene rings is 3. The molecule has 1 atom stereocenters. The zero-order valence-electron chi connectivity index (χ0n) is 26.3. The highest BCUT2D eigenvalue weighted by Gasteiger charge is 2.28. The summed E-state index contributed by atoms with van der Waals surface area (Å²) in [5.41, 5.74) is 3.31. The van der Waals surface area contributed by atoms with Gasteiger partial charge in [-0.1, -0.05) is 78.1 Å². The Morgan fingerprint density at radius 2 is 1.16 bits per heavy atom. The van der Waals surface area contributed by atoms with Crippen LogP contribution in [0.15, 0.2) is 60.7 Å². The lowest BCUT2D eigenvalue weighted by molar-refractivity contribution is 0.0734. The van der Waals surface area contributed by atoms with Crippen molar-refractivity contribution in [2.24, 2.45) is 0 Å². The molecule has 1 aliphatic carbocycles. The minimum Gasteiger partial charge on any atom is -0.494 e. The van der Waals surface area contributed by atoms with Crippen LogP contribution in [0, 0.1) is 0 Å². The fourth-order valence-electron chi connectivity index (χ4n) is 5.60. The number of unbranched alkanes of at least 4 members (excludes halogenated alkanes) is 10. The van der Waals surface area contributed by atoms with Crippen molar-refractivity contribution in [3.63, 3.8) is 0 Å². The van der Waals surface area contributed by atoms with Crippen molar-refractivity contribution in [1.29, 1.82) is 0 Å². The zero-order chi connectivity index (χ0) is 30.4. The second-order valence-electron chi connectivity index (χ2n) is 11.8. The Labute approximate surface area is 258 Å². The average molecular weight is 585 g/mol. The molecule has 0 N–H and O–H groups in total. The van der Waals surface area contributed by atoms with E-state index < -0.39 is 5.97 Å². The second-order valence-corrected chi connectivity index (χ2v) is 11.8. The summed E-state index contributed by atoms with van der Waals surface area (Å²) in [6.07, 6.45) is 16.0. The van der Waals surface area contributed by atoms with E-state index in [2.05, 4.69) is 20.8 Å². The normalized spacial score (nSPS) is 12.5. The number of ether oxygens (including phenoxy) is 3. The lowest BCUT2D eigenvalue weighted by Gasteiger charge is -2.15. The molecule has 0 spiro atoms. The molecular formula is C38H48O5. The molecule has 1 aliphatic rings. The van der Waals surface area contributed by atoms with E-state index in [9.17, 15) is 9.59 Å². The summed E-state index contributed by atoms with van der Waals surface area (Å²) < 4.78 is 17.6. The highest BCUT2D eigenvalue weighted by atomic mass is 16.5. The molecule has 0 radical (unpaired) electrons. The lowest BCUT2D eigenvalue weighted by atomic mass is 10.1. The van der Waals surface area contributed by atoms with Gasteiger partial charge in [0.15, 0.2) is 5.78 Å². The van der Waals surface area contributed by atoms with Crippen LogP contribution in [-0.4, -0.2) is 24.5 Å². The maximum absolute atomic E-state index is 13.3. The minimum atomic E-state index is -0.471. The van der Waals surface area contributed by atoms with E-state index in [4.69, 9.17) is 14.2 Å². The van der Waals surface area contributed by atoms with E-state index >= 15 is 0 Å². The van der Waals surface area contributed by atoms with E-state index in [0.717, 1.165) is 36.1 Å². The standard InChI is InChI=1S/C38H48O5/c1-4-6-8-10-11-12-13-15-25-41-30-19-17-29(18-20-30)38(40)43-32-22-24-34-33-23-21-31(26-35(33)37(39)36(34)27-32)42-28(3)16-14-9-7-5-2/h17-24,26-28H,4-16,25H2,1-3H3/t28-/m1/s1. The molecule has 0 aliphatic heterocycles. The van der Waals surface area contributed by atoms with Crippen molar-refractivity contribution in [1.82, 2.24) is 0 Å². The van der Waals surface area contributed by atoms with Gasteiger partial charge >= 0.3 is 5.97 Å². The molecule has 0 saturated carbocycles. The van der Waals surface area contributed by atoms with Crippen molar-refractivity contribution in [3.8, 4) is 28.4 Å². The molecule has 0 saturated heterocycles. The fourth-order valence-corrected chi connectivity index (χ4v) is 5.60. The molecule has 230 valence electrons. The van der Waals surface area contributed by atoms with E-state index in [0.29, 0.717) is 34.8 Å². The topological polar surface area (TPSA) is 61.8 Å². The third-order valence-corrected chi connectivity index (χ3v) is 8.13. The number of rotatable bonds is 19. The first kappa shape index (κ1) is 32.3. The van der Waals surface area contributed by atoms with Gasteiger partial charge < -0.3 is 14.2 Å². The van der Waals surface area contributed by atoms with E-state index in [1.807, 2.05) is 24.3 Å². The quantitative estimate of drug-likeness (QED) is 0.0623. The van der Waals surface area contributed by atoms with Gasteiger partial charge in [0.1, 0.15) is 17.2 Å². The first-order valence-electron chi connectivity index (χ1n) is 16.4. The Bertz CT molecular complexity index is 1330. The van der Waals surface area contributed by atoms with Gasteiger partial charge in [0.2, 0.25) is 0 Å². The second kappa shape index (κ2) is 16.9. The summed E-state index contributed by atoms with van der Waals surface area (Å²) in [4.78, 5) is 26.1. The predicted octanol–water partition coefficient (Wildman–Crippen LogP) is 10.4. The van der Waals surface area contributed by atoms with Gasteiger partial charge in [-0.2, -0.15) is 0 Å². The van der Waals surface area contributed by atoms with Gasteiger partial charge in [0.05, 0.1) is 18.3 Å². The molecule has 43 heavy (non-hydrogen) atoms. The number of hydrogen-bond donors (Lipinski definition) is 0. The SMILES string of the molecule is CCCCCCCCCCOc1ccc(C(=O)Oc2ccc3c(c2)C(=O)c2cc(O[C@H](C)CCCCCC)ccc2-3)cc1. The van der Waals surface area contributed by atoms with Crippen LogP contribution in [0.3, 0.4) is 0 Å². The number of esters is 1. The van der Waals surface area contributed by atoms with Crippen LogP contribution in [0.5, 0.6) is 17.2 Å². The molecule has 0 aromatic heterocycles. The maximum atomic E-state index is 13.3. The predicted molar refractivity (Wildman–Crippen MR) is 174 cm³/mol. The number of carbonyl (C=O) groups is 2. The molecule has 0 amide bonds.